The van der Waals surface area contributed by atoms with E-state index in [-0.39, 0.29) is 0 Å². The fraction of sp³-hybridized carbons (Fsp3) is 0.485. The van der Waals surface area contributed by atoms with Gasteiger partial charge >= 0.3 is 0 Å². The van der Waals surface area contributed by atoms with Gasteiger partial charge in [-0.15, -0.1) is 15.3 Å². The Labute approximate surface area is 252 Å². The van der Waals surface area contributed by atoms with Crippen LogP contribution in [0.15, 0.2) is 42.6 Å². The van der Waals surface area contributed by atoms with Crippen LogP contribution in [-0.2, 0) is 0 Å². The van der Waals surface area contributed by atoms with Gasteiger partial charge in [0.05, 0.1) is 17.6 Å². The zero-order chi connectivity index (χ0) is 29.1. The Morgan fingerprint density at radius 1 is 0.953 bits per heavy atom. The number of aryl methyl sites for hydroxylation is 1. The zero-order valence-electron chi connectivity index (χ0n) is 25.1. The predicted octanol–water partition coefficient (Wildman–Crippen LogP) is 5.43. The van der Waals surface area contributed by atoms with Crippen LogP contribution in [0.5, 0.6) is 0 Å². The highest BCUT2D eigenvalue weighted by Crippen LogP contribution is 2.53. The van der Waals surface area contributed by atoms with Gasteiger partial charge in [0.25, 0.3) is 0 Å². The Morgan fingerprint density at radius 2 is 1.77 bits per heavy atom. The van der Waals surface area contributed by atoms with E-state index in [1.807, 2.05) is 12.3 Å². The molecule has 4 aromatic rings. The molecule has 0 unspecified atom stereocenters. The monoisotopic (exact) mass is 576 g/mol. The minimum atomic E-state index is 0.298. The van der Waals surface area contributed by atoms with Crippen LogP contribution in [0.4, 0.5) is 23.4 Å². The Bertz CT molecular complexity index is 1630. The molecule has 5 aliphatic rings. The van der Waals surface area contributed by atoms with Gasteiger partial charge in [-0.3, -0.25) is 4.90 Å². The number of aromatic nitrogens is 6. The molecule has 43 heavy (non-hydrogen) atoms. The molecular formula is C33H40N10. The molecule has 4 heterocycles. The molecule has 222 valence electrons. The fourth-order valence-corrected chi connectivity index (χ4v) is 7.52. The molecule has 2 bridgehead atoms. The van der Waals surface area contributed by atoms with Crippen molar-refractivity contribution in [3.8, 4) is 17.1 Å². The zero-order valence-corrected chi connectivity index (χ0v) is 25.1. The van der Waals surface area contributed by atoms with E-state index in [1.54, 1.807) is 4.68 Å². The molecule has 9 rings (SSSR count). The largest absolute Gasteiger partial charge is 0.368 e. The van der Waals surface area contributed by atoms with Crippen molar-refractivity contribution in [1.82, 2.24) is 34.8 Å². The second kappa shape index (κ2) is 10.6. The number of hydrogen-bond donors (Lipinski definition) is 2. The lowest BCUT2D eigenvalue weighted by Crippen LogP contribution is -2.52. The van der Waals surface area contributed by atoms with Crippen LogP contribution in [-0.4, -0.2) is 67.1 Å². The van der Waals surface area contributed by atoms with Gasteiger partial charge in [0.1, 0.15) is 5.82 Å². The van der Waals surface area contributed by atoms with Crippen molar-refractivity contribution < 1.29 is 0 Å². The number of anilines is 4. The third-order valence-electron chi connectivity index (χ3n) is 9.98. The van der Waals surface area contributed by atoms with Crippen molar-refractivity contribution >= 4 is 23.4 Å². The van der Waals surface area contributed by atoms with E-state index in [9.17, 15) is 0 Å². The molecule has 1 saturated heterocycles. The number of rotatable bonds is 7. The summed E-state index contributed by atoms with van der Waals surface area (Å²) in [5.41, 5.74) is 13.2. The lowest BCUT2D eigenvalue weighted by Gasteiger charge is -2.40. The van der Waals surface area contributed by atoms with Gasteiger partial charge in [-0.1, -0.05) is 23.8 Å². The van der Waals surface area contributed by atoms with Crippen molar-refractivity contribution in [2.24, 2.45) is 5.92 Å². The first-order valence-electron chi connectivity index (χ1n) is 15.9. The van der Waals surface area contributed by atoms with Gasteiger partial charge in [0.15, 0.2) is 5.82 Å². The second-order valence-electron chi connectivity index (χ2n) is 13.1. The first kappa shape index (κ1) is 26.6. The Balaban J connectivity index is 1.03. The maximum absolute atomic E-state index is 6.46. The highest BCUT2D eigenvalue weighted by atomic mass is 15.5. The van der Waals surface area contributed by atoms with E-state index in [4.69, 9.17) is 26.0 Å². The van der Waals surface area contributed by atoms with Gasteiger partial charge in [-0.2, -0.15) is 9.67 Å². The number of benzene rings is 1. The standard InChI is InChI=1S/C33H40N10/c1-20-4-3-5-25(16-20)30-28-23-8-10-24(11-9-23)29(28)31(39-38-30)43-32(34)37-33(40-43)36-26-12-13-27(35-17-26)42-15-14-41(21(2)18-42)19-22-6-7-22/h3-5,12-13,16-17,21-24H,6-11,14-15,18-19H2,1-2H3,(H3,34,36,37,40)/t21-,23?,24?/m0/s1. The van der Waals surface area contributed by atoms with Crippen molar-refractivity contribution in [2.75, 3.05) is 42.1 Å². The molecule has 1 atom stereocenters. The summed E-state index contributed by atoms with van der Waals surface area (Å²) in [7, 11) is 0. The molecule has 3 N–H and O–H groups in total. The van der Waals surface area contributed by atoms with Gasteiger partial charge in [0.2, 0.25) is 11.9 Å². The maximum atomic E-state index is 6.46. The predicted molar refractivity (Wildman–Crippen MR) is 169 cm³/mol. The van der Waals surface area contributed by atoms with Crippen LogP contribution < -0.4 is 16.0 Å². The Morgan fingerprint density at radius 3 is 2.49 bits per heavy atom. The number of piperazine rings is 1. The lowest BCUT2D eigenvalue weighted by atomic mass is 9.66. The number of nitrogens with one attached hydrogen (secondary N) is 1. The number of nitrogen functional groups attached to an aromatic ring is 1. The molecule has 1 aliphatic heterocycles. The topological polar surface area (TPSA) is 114 Å². The first-order valence-corrected chi connectivity index (χ1v) is 15.9. The second-order valence-corrected chi connectivity index (χ2v) is 13.1. The van der Waals surface area contributed by atoms with E-state index in [1.165, 1.54) is 48.9 Å². The third kappa shape index (κ3) is 5.01. The molecule has 0 amide bonds. The van der Waals surface area contributed by atoms with Crippen LogP contribution in [0.25, 0.3) is 17.1 Å². The number of hydrogen-bond acceptors (Lipinski definition) is 9. The number of pyridine rings is 1. The van der Waals surface area contributed by atoms with E-state index in [0.717, 1.165) is 61.2 Å². The fourth-order valence-electron chi connectivity index (χ4n) is 7.52. The summed E-state index contributed by atoms with van der Waals surface area (Å²) < 4.78 is 1.67. The minimum Gasteiger partial charge on any atom is -0.368 e. The smallest absolute Gasteiger partial charge is 0.248 e. The summed E-state index contributed by atoms with van der Waals surface area (Å²) in [4.78, 5) is 14.4. The highest BCUT2D eigenvalue weighted by molar-refractivity contribution is 5.69. The molecule has 4 aliphatic carbocycles. The Hall–Kier alpha value is -4.05. The van der Waals surface area contributed by atoms with Crippen molar-refractivity contribution in [2.45, 2.75) is 70.3 Å². The Kier molecular flexibility index (Phi) is 6.54. The van der Waals surface area contributed by atoms with Crippen molar-refractivity contribution in [1.29, 1.82) is 0 Å². The summed E-state index contributed by atoms with van der Waals surface area (Å²) in [5, 5.41) is 17.6. The SMILES string of the molecule is Cc1cccc(-c2nnc(-n3nc(Nc4ccc(N5CCN(CC6CC6)[C@@H](C)C5)nc4)nc3N)c3c2C2CCC3CC2)c1. The molecule has 0 radical (unpaired) electrons. The molecule has 10 heteroatoms. The number of fused-ring (bicyclic) bond motifs is 2. The van der Waals surface area contributed by atoms with Crippen LogP contribution in [0.2, 0.25) is 0 Å². The molecule has 3 aromatic heterocycles. The lowest BCUT2D eigenvalue weighted by molar-refractivity contribution is 0.181. The third-order valence-corrected chi connectivity index (χ3v) is 9.98. The molecule has 1 aromatic carbocycles. The quantitative estimate of drug-likeness (QED) is 0.297. The van der Waals surface area contributed by atoms with Crippen LogP contribution >= 0.6 is 0 Å². The summed E-state index contributed by atoms with van der Waals surface area (Å²) in [5.74, 6) is 4.29. The molecular weight excluding hydrogens is 536 g/mol. The van der Waals surface area contributed by atoms with Gasteiger partial charge in [0, 0.05) is 43.3 Å². The van der Waals surface area contributed by atoms with Gasteiger partial charge < -0.3 is 16.0 Å². The molecule has 0 spiro atoms. The van der Waals surface area contributed by atoms with Crippen molar-refractivity contribution in [3.63, 3.8) is 0 Å². The van der Waals surface area contributed by atoms with Crippen LogP contribution in [0, 0.1) is 12.8 Å². The van der Waals surface area contributed by atoms with E-state index in [0.29, 0.717) is 35.6 Å². The average molecular weight is 577 g/mol. The summed E-state index contributed by atoms with van der Waals surface area (Å²) >= 11 is 0. The highest BCUT2D eigenvalue weighted by Gasteiger charge is 2.39. The minimum absolute atomic E-state index is 0.298. The first-order chi connectivity index (χ1) is 21.0. The molecule has 10 nitrogen and oxygen atoms in total. The molecule has 3 fully saturated rings. The normalized spacial score (nSPS) is 23.4. The van der Waals surface area contributed by atoms with Crippen LogP contribution in [0.3, 0.4) is 0 Å². The van der Waals surface area contributed by atoms with Crippen molar-refractivity contribution in [3.05, 3.63) is 59.3 Å². The summed E-state index contributed by atoms with van der Waals surface area (Å²) in [6.07, 6.45) is 9.37. The maximum Gasteiger partial charge on any atom is 0.248 e. The van der Waals surface area contributed by atoms with Gasteiger partial charge in [-0.05, 0) is 93.9 Å². The number of nitrogens with two attached hydrogens (primary N) is 1. The van der Waals surface area contributed by atoms with E-state index < -0.39 is 0 Å². The van der Waals surface area contributed by atoms with E-state index >= 15 is 0 Å². The molecule has 2 saturated carbocycles. The summed E-state index contributed by atoms with van der Waals surface area (Å²) in [6.45, 7) is 8.81. The van der Waals surface area contributed by atoms with Crippen LogP contribution in [0.1, 0.15) is 74.0 Å². The average Bonchev–Trinajstić information content (AvgIpc) is 3.78. The number of nitrogens with zero attached hydrogens (tertiary/aromatic N) is 8. The van der Waals surface area contributed by atoms with Gasteiger partial charge in [-0.25, -0.2) is 4.98 Å². The van der Waals surface area contributed by atoms with E-state index in [2.05, 4.69) is 64.3 Å². The summed E-state index contributed by atoms with van der Waals surface area (Å²) in [6, 6.07) is 13.2.